The third-order valence-corrected chi connectivity index (χ3v) is 3.99. The van der Waals surface area contributed by atoms with E-state index in [0.717, 1.165) is 12.8 Å². The van der Waals surface area contributed by atoms with Crippen molar-refractivity contribution in [1.82, 2.24) is 10.2 Å². The first-order valence-corrected chi connectivity index (χ1v) is 6.50. The van der Waals surface area contributed by atoms with Gasteiger partial charge in [0.1, 0.15) is 6.10 Å². The minimum absolute atomic E-state index is 0.0578. The second kappa shape index (κ2) is 5.83. The number of carbonyl (C=O) groups is 1. The van der Waals surface area contributed by atoms with Crippen LogP contribution in [0.5, 0.6) is 0 Å². The molecule has 1 aliphatic carbocycles. The van der Waals surface area contributed by atoms with Crippen LogP contribution < -0.4 is 5.32 Å². The Kier molecular flexibility index (Phi) is 4.95. The number of aliphatic hydroxyl groups excluding tert-OH is 1. The van der Waals surface area contributed by atoms with Crippen molar-refractivity contribution in [3.05, 3.63) is 0 Å². The lowest BCUT2D eigenvalue weighted by Crippen LogP contribution is -2.55. The Hall–Kier alpha value is -0.610. The number of likely N-dealkylation sites (N-methyl/N-ethyl adjacent to an activating group) is 1. The molecule has 1 fully saturated rings. The van der Waals surface area contributed by atoms with E-state index < -0.39 is 6.10 Å². The van der Waals surface area contributed by atoms with Gasteiger partial charge in [-0.1, -0.05) is 19.8 Å². The fourth-order valence-corrected chi connectivity index (χ4v) is 2.76. The fourth-order valence-electron chi connectivity index (χ4n) is 2.76. The van der Waals surface area contributed by atoms with Gasteiger partial charge in [-0.15, -0.1) is 0 Å². The van der Waals surface area contributed by atoms with Crippen molar-refractivity contribution < 1.29 is 9.90 Å². The number of aliphatic hydroxyl groups is 1. The standard InChI is InChI=1S/C13H26N2O2/c1-10-6-5-7-13(8-10,15(3)4)9-14-12(17)11(2)16/h10-11,16H,5-9H2,1-4H3,(H,14,17). The number of hydrogen-bond acceptors (Lipinski definition) is 3. The number of nitrogens with zero attached hydrogens (tertiary/aromatic N) is 1. The van der Waals surface area contributed by atoms with Crippen LogP contribution in [-0.2, 0) is 4.79 Å². The molecule has 1 aliphatic rings. The first-order valence-electron chi connectivity index (χ1n) is 6.50. The molecule has 0 aromatic heterocycles. The molecule has 0 spiro atoms. The quantitative estimate of drug-likeness (QED) is 0.773. The largest absolute Gasteiger partial charge is 0.384 e. The summed E-state index contributed by atoms with van der Waals surface area (Å²) in [7, 11) is 4.15. The minimum Gasteiger partial charge on any atom is -0.384 e. The van der Waals surface area contributed by atoms with Crippen molar-refractivity contribution in [2.24, 2.45) is 5.92 Å². The first kappa shape index (κ1) is 14.5. The maximum Gasteiger partial charge on any atom is 0.248 e. The normalized spacial score (nSPS) is 31.3. The predicted molar refractivity (Wildman–Crippen MR) is 68.7 cm³/mol. The van der Waals surface area contributed by atoms with Gasteiger partial charge in [0.25, 0.3) is 0 Å². The topological polar surface area (TPSA) is 52.6 Å². The van der Waals surface area contributed by atoms with Crippen LogP contribution in [-0.4, -0.2) is 48.2 Å². The summed E-state index contributed by atoms with van der Waals surface area (Å²) in [6, 6.07) is 0. The summed E-state index contributed by atoms with van der Waals surface area (Å²) in [4.78, 5) is 13.7. The van der Waals surface area contributed by atoms with Crippen LogP contribution >= 0.6 is 0 Å². The maximum absolute atomic E-state index is 11.5. The molecule has 0 bridgehead atoms. The van der Waals surface area contributed by atoms with Gasteiger partial charge in [0.2, 0.25) is 5.91 Å². The monoisotopic (exact) mass is 242 g/mol. The van der Waals surface area contributed by atoms with E-state index in [4.69, 9.17) is 0 Å². The Morgan fingerprint density at radius 3 is 2.71 bits per heavy atom. The van der Waals surface area contributed by atoms with Crippen LogP contribution in [0.25, 0.3) is 0 Å². The number of rotatable bonds is 4. The van der Waals surface area contributed by atoms with E-state index in [1.807, 2.05) is 0 Å². The van der Waals surface area contributed by atoms with E-state index in [1.165, 1.54) is 19.8 Å². The molecule has 0 radical (unpaired) electrons. The molecule has 3 unspecified atom stereocenters. The Morgan fingerprint density at radius 2 is 2.24 bits per heavy atom. The molecule has 17 heavy (non-hydrogen) atoms. The van der Waals surface area contributed by atoms with Crippen molar-refractivity contribution >= 4 is 5.91 Å². The highest BCUT2D eigenvalue weighted by Gasteiger charge is 2.37. The highest BCUT2D eigenvalue weighted by Crippen LogP contribution is 2.35. The van der Waals surface area contributed by atoms with Gasteiger partial charge in [-0.2, -0.15) is 0 Å². The lowest BCUT2D eigenvalue weighted by Gasteiger charge is -2.45. The molecule has 1 rings (SSSR count). The molecule has 0 aliphatic heterocycles. The van der Waals surface area contributed by atoms with Gasteiger partial charge in [-0.3, -0.25) is 4.79 Å². The second-order valence-corrected chi connectivity index (χ2v) is 5.71. The zero-order valence-electron chi connectivity index (χ0n) is 11.5. The third kappa shape index (κ3) is 3.68. The average molecular weight is 242 g/mol. The highest BCUT2D eigenvalue weighted by molar-refractivity contribution is 5.80. The average Bonchev–Trinajstić information content (AvgIpc) is 2.25. The van der Waals surface area contributed by atoms with E-state index in [-0.39, 0.29) is 11.4 Å². The zero-order valence-corrected chi connectivity index (χ0v) is 11.5. The smallest absolute Gasteiger partial charge is 0.248 e. The SMILES string of the molecule is CC1CCCC(CNC(=O)C(C)O)(N(C)C)C1. The number of carbonyl (C=O) groups excluding carboxylic acids is 1. The Balaban J connectivity index is 2.62. The molecule has 4 heteroatoms. The molecule has 0 saturated heterocycles. The summed E-state index contributed by atoms with van der Waals surface area (Å²) in [6.45, 7) is 4.41. The molecule has 0 heterocycles. The Morgan fingerprint density at radius 1 is 1.59 bits per heavy atom. The van der Waals surface area contributed by atoms with Gasteiger partial charge in [0.15, 0.2) is 0 Å². The van der Waals surface area contributed by atoms with Gasteiger partial charge in [-0.25, -0.2) is 0 Å². The summed E-state index contributed by atoms with van der Waals surface area (Å²) in [6.07, 6.45) is 3.80. The molecule has 2 N–H and O–H groups in total. The molecule has 1 amide bonds. The summed E-state index contributed by atoms with van der Waals surface area (Å²) in [5.41, 5.74) is 0.0578. The molecule has 100 valence electrons. The minimum atomic E-state index is -0.921. The van der Waals surface area contributed by atoms with Crippen LogP contribution in [0.3, 0.4) is 0 Å². The van der Waals surface area contributed by atoms with Gasteiger partial charge in [-0.05, 0) is 39.8 Å². The van der Waals surface area contributed by atoms with E-state index in [0.29, 0.717) is 12.5 Å². The van der Waals surface area contributed by atoms with Gasteiger partial charge < -0.3 is 15.3 Å². The van der Waals surface area contributed by atoms with Crippen molar-refractivity contribution in [1.29, 1.82) is 0 Å². The fraction of sp³-hybridized carbons (Fsp3) is 0.923. The number of nitrogens with one attached hydrogen (secondary N) is 1. The third-order valence-electron chi connectivity index (χ3n) is 3.99. The lowest BCUT2D eigenvalue weighted by atomic mass is 9.75. The first-order chi connectivity index (χ1) is 7.87. The van der Waals surface area contributed by atoms with E-state index in [2.05, 4.69) is 31.2 Å². The van der Waals surface area contributed by atoms with Gasteiger partial charge in [0, 0.05) is 12.1 Å². The lowest BCUT2D eigenvalue weighted by molar-refractivity contribution is -0.129. The Bertz CT molecular complexity index is 266. The molecule has 0 aromatic rings. The zero-order chi connectivity index (χ0) is 13.1. The second-order valence-electron chi connectivity index (χ2n) is 5.71. The van der Waals surface area contributed by atoms with Crippen LogP contribution in [0.4, 0.5) is 0 Å². The molecule has 0 aromatic carbocycles. The maximum atomic E-state index is 11.5. The van der Waals surface area contributed by atoms with Crippen LogP contribution in [0.15, 0.2) is 0 Å². The van der Waals surface area contributed by atoms with E-state index in [1.54, 1.807) is 0 Å². The molecular formula is C13H26N2O2. The molecule has 4 nitrogen and oxygen atoms in total. The number of hydrogen-bond donors (Lipinski definition) is 2. The predicted octanol–water partition coefficient (Wildman–Crippen LogP) is 0.994. The van der Waals surface area contributed by atoms with Crippen molar-refractivity contribution in [3.63, 3.8) is 0 Å². The van der Waals surface area contributed by atoms with Crippen molar-refractivity contribution in [3.8, 4) is 0 Å². The van der Waals surface area contributed by atoms with Gasteiger partial charge in [0.05, 0.1) is 0 Å². The summed E-state index contributed by atoms with van der Waals surface area (Å²) in [5.74, 6) is 0.430. The van der Waals surface area contributed by atoms with Crippen molar-refractivity contribution in [2.75, 3.05) is 20.6 Å². The van der Waals surface area contributed by atoms with E-state index in [9.17, 15) is 9.90 Å². The molecule has 3 atom stereocenters. The number of amides is 1. The molecular weight excluding hydrogens is 216 g/mol. The van der Waals surface area contributed by atoms with Crippen LogP contribution in [0.1, 0.15) is 39.5 Å². The molecule has 1 saturated carbocycles. The summed E-state index contributed by atoms with van der Waals surface area (Å²) in [5, 5.41) is 12.1. The Labute approximate surface area is 104 Å². The van der Waals surface area contributed by atoms with E-state index >= 15 is 0 Å². The van der Waals surface area contributed by atoms with Gasteiger partial charge >= 0.3 is 0 Å². The summed E-state index contributed by atoms with van der Waals surface area (Å²) < 4.78 is 0. The summed E-state index contributed by atoms with van der Waals surface area (Å²) >= 11 is 0. The van der Waals surface area contributed by atoms with Crippen LogP contribution in [0, 0.1) is 5.92 Å². The highest BCUT2D eigenvalue weighted by atomic mass is 16.3. The van der Waals surface area contributed by atoms with Crippen LogP contribution in [0.2, 0.25) is 0 Å². The van der Waals surface area contributed by atoms with Crippen molar-refractivity contribution in [2.45, 2.75) is 51.2 Å².